The van der Waals surface area contributed by atoms with Crippen molar-refractivity contribution in [1.82, 2.24) is 9.80 Å². The quantitative estimate of drug-likeness (QED) is 0.787. The number of carbonyl (C=O) groups excluding carboxylic acids is 1. The summed E-state index contributed by atoms with van der Waals surface area (Å²) >= 11 is 2.22. The summed E-state index contributed by atoms with van der Waals surface area (Å²) in [5, 5.41) is 0. The first-order valence-corrected chi connectivity index (χ1v) is 6.24. The standard InChI is InChI=1S/C12H17IN2O/c1-14(2)7-8-15(3)12(16)10-5-4-6-11(13)9-10/h4-6,9H,7-8H2,1-3H3. The minimum atomic E-state index is 0.0837. The molecule has 4 heteroatoms. The van der Waals surface area contributed by atoms with Gasteiger partial charge in [-0.3, -0.25) is 4.79 Å². The van der Waals surface area contributed by atoms with E-state index in [-0.39, 0.29) is 5.91 Å². The van der Waals surface area contributed by atoms with E-state index in [0.29, 0.717) is 0 Å². The zero-order valence-corrected chi connectivity index (χ0v) is 12.1. The normalized spacial score (nSPS) is 10.6. The number of amides is 1. The molecule has 0 N–H and O–H groups in total. The fraction of sp³-hybridized carbons (Fsp3) is 0.417. The van der Waals surface area contributed by atoms with E-state index in [1.165, 1.54) is 0 Å². The van der Waals surface area contributed by atoms with Crippen LogP contribution in [0.4, 0.5) is 0 Å². The smallest absolute Gasteiger partial charge is 0.253 e. The second-order valence-corrected chi connectivity index (χ2v) is 5.29. The molecule has 0 fully saturated rings. The third-order valence-corrected chi connectivity index (χ3v) is 2.97. The molecule has 1 aromatic rings. The molecule has 88 valence electrons. The summed E-state index contributed by atoms with van der Waals surface area (Å²) in [6.07, 6.45) is 0. The molecule has 0 atom stereocenters. The zero-order chi connectivity index (χ0) is 12.1. The topological polar surface area (TPSA) is 23.6 Å². The summed E-state index contributed by atoms with van der Waals surface area (Å²) in [6, 6.07) is 7.66. The monoisotopic (exact) mass is 332 g/mol. The lowest BCUT2D eigenvalue weighted by atomic mass is 10.2. The van der Waals surface area contributed by atoms with Gasteiger partial charge in [-0.15, -0.1) is 0 Å². The highest BCUT2D eigenvalue weighted by atomic mass is 127. The van der Waals surface area contributed by atoms with Crippen molar-refractivity contribution in [3.8, 4) is 0 Å². The molecule has 0 saturated carbocycles. The van der Waals surface area contributed by atoms with Gasteiger partial charge in [0.15, 0.2) is 0 Å². The van der Waals surface area contributed by atoms with Crippen LogP contribution in [-0.4, -0.2) is 49.9 Å². The Hall–Kier alpha value is -0.620. The molecule has 0 saturated heterocycles. The summed E-state index contributed by atoms with van der Waals surface area (Å²) < 4.78 is 1.09. The van der Waals surface area contributed by atoms with Crippen LogP contribution in [0.25, 0.3) is 0 Å². The Balaban J connectivity index is 2.63. The Morgan fingerprint density at radius 3 is 2.50 bits per heavy atom. The van der Waals surface area contributed by atoms with Crippen LogP contribution in [0.2, 0.25) is 0 Å². The molecule has 1 rings (SSSR count). The molecule has 0 aliphatic rings. The third kappa shape index (κ3) is 4.09. The van der Waals surface area contributed by atoms with Crippen molar-refractivity contribution in [1.29, 1.82) is 0 Å². The van der Waals surface area contributed by atoms with Crippen molar-refractivity contribution < 1.29 is 4.79 Å². The number of halogens is 1. The molecular formula is C12H17IN2O. The van der Waals surface area contributed by atoms with Gasteiger partial charge in [-0.1, -0.05) is 6.07 Å². The number of carbonyl (C=O) groups is 1. The average Bonchev–Trinajstić information content (AvgIpc) is 2.24. The van der Waals surface area contributed by atoms with Gasteiger partial charge in [0, 0.05) is 29.3 Å². The number of hydrogen-bond donors (Lipinski definition) is 0. The molecule has 1 aromatic carbocycles. The Morgan fingerprint density at radius 2 is 1.94 bits per heavy atom. The van der Waals surface area contributed by atoms with Crippen molar-refractivity contribution in [3.63, 3.8) is 0 Å². The number of rotatable bonds is 4. The Morgan fingerprint density at radius 1 is 1.25 bits per heavy atom. The van der Waals surface area contributed by atoms with Gasteiger partial charge in [0.1, 0.15) is 0 Å². The molecule has 0 aliphatic carbocycles. The van der Waals surface area contributed by atoms with E-state index < -0.39 is 0 Å². The highest BCUT2D eigenvalue weighted by molar-refractivity contribution is 14.1. The van der Waals surface area contributed by atoms with E-state index in [1.807, 2.05) is 45.4 Å². The van der Waals surface area contributed by atoms with Crippen LogP contribution in [-0.2, 0) is 0 Å². The maximum atomic E-state index is 12.0. The molecule has 0 radical (unpaired) electrons. The first kappa shape index (κ1) is 13.4. The number of benzene rings is 1. The lowest BCUT2D eigenvalue weighted by Crippen LogP contribution is -2.33. The van der Waals surface area contributed by atoms with E-state index >= 15 is 0 Å². The second kappa shape index (κ2) is 6.20. The van der Waals surface area contributed by atoms with Crippen molar-refractivity contribution in [2.75, 3.05) is 34.2 Å². The van der Waals surface area contributed by atoms with Gasteiger partial charge in [0.05, 0.1) is 0 Å². The van der Waals surface area contributed by atoms with Crippen LogP contribution in [0.1, 0.15) is 10.4 Å². The number of nitrogens with zero attached hydrogens (tertiary/aromatic N) is 2. The van der Waals surface area contributed by atoms with Gasteiger partial charge in [-0.2, -0.15) is 0 Å². The predicted molar refractivity (Wildman–Crippen MR) is 74.7 cm³/mol. The van der Waals surface area contributed by atoms with E-state index in [1.54, 1.807) is 4.90 Å². The largest absolute Gasteiger partial charge is 0.340 e. The van der Waals surface area contributed by atoms with Crippen molar-refractivity contribution >= 4 is 28.5 Å². The van der Waals surface area contributed by atoms with E-state index in [9.17, 15) is 4.79 Å². The van der Waals surface area contributed by atoms with Crippen LogP contribution in [0.3, 0.4) is 0 Å². The maximum absolute atomic E-state index is 12.0. The van der Waals surface area contributed by atoms with Crippen LogP contribution in [0.5, 0.6) is 0 Å². The Labute approximate surface area is 111 Å². The number of hydrogen-bond acceptors (Lipinski definition) is 2. The van der Waals surface area contributed by atoms with Crippen LogP contribution in [0, 0.1) is 3.57 Å². The SMILES string of the molecule is CN(C)CCN(C)C(=O)c1cccc(I)c1. The fourth-order valence-electron chi connectivity index (χ4n) is 1.29. The van der Waals surface area contributed by atoms with E-state index in [2.05, 4.69) is 27.5 Å². The molecule has 3 nitrogen and oxygen atoms in total. The first-order valence-electron chi connectivity index (χ1n) is 5.16. The third-order valence-electron chi connectivity index (χ3n) is 2.30. The molecule has 0 spiro atoms. The van der Waals surface area contributed by atoms with Crippen molar-refractivity contribution in [2.45, 2.75) is 0 Å². The Kier molecular flexibility index (Phi) is 5.21. The van der Waals surface area contributed by atoms with Crippen LogP contribution < -0.4 is 0 Å². The van der Waals surface area contributed by atoms with Gasteiger partial charge >= 0.3 is 0 Å². The molecule has 0 bridgehead atoms. The fourth-order valence-corrected chi connectivity index (χ4v) is 1.84. The highest BCUT2D eigenvalue weighted by Crippen LogP contribution is 2.09. The van der Waals surface area contributed by atoms with E-state index in [0.717, 1.165) is 22.2 Å². The molecule has 1 amide bonds. The van der Waals surface area contributed by atoms with Gasteiger partial charge in [0.2, 0.25) is 0 Å². The van der Waals surface area contributed by atoms with Gasteiger partial charge in [-0.05, 0) is 54.9 Å². The maximum Gasteiger partial charge on any atom is 0.253 e. The highest BCUT2D eigenvalue weighted by Gasteiger charge is 2.11. The van der Waals surface area contributed by atoms with Gasteiger partial charge in [-0.25, -0.2) is 0 Å². The van der Waals surface area contributed by atoms with Gasteiger partial charge < -0.3 is 9.80 Å². The van der Waals surface area contributed by atoms with Crippen LogP contribution >= 0.6 is 22.6 Å². The summed E-state index contributed by atoms with van der Waals surface area (Å²) in [6.45, 7) is 1.63. The molecular weight excluding hydrogens is 315 g/mol. The van der Waals surface area contributed by atoms with Crippen LogP contribution in [0.15, 0.2) is 24.3 Å². The average molecular weight is 332 g/mol. The summed E-state index contributed by atoms with van der Waals surface area (Å²) in [5.74, 6) is 0.0837. The van der Waals surface area contributed by atoms with E-state index in [4.69, 9.17) is 0 Å². The zero-order valence-electron chi connectivity index (χ0n) is 9.90. The minimum absolute atomic E-state index is 0.0837. The number of likely N-dealkylation sites (N-methyl/N-ethyl adjacent to an activating group) is 2. The second-order valence-electron chi connectivity index (χ2n) is 4.04. The first-order chi connectivity index (χ1) is 7.50. The summed E-state index contributed by atoms with van der Waals surface area (Å²) in [5.41, 5.74) is 0.758. The summed E-state index contributed by atoms with van der Waals surface area (Å²) in [7, 11) is 5.85. The lowest BCUT2D eigenvalue weighted by molar-refractivity contribution is 0.0786. The minimum Gasteiger partial charge on any atom is -0.340 e. The molecule has 0 aliphatic heterocycles. The summed E-state index contributed by atoms with van der Waals surface area (Å²) in [4.78, 5) is 15.8. The predicted octanol–water partition coefficient (Wildman–Crippen LogP) is 1.92. The van der Waals surface area contributed by atoms with Gasteiger partial charge in [0.25, 0.3) is 5.91 Å². The molecule has 0 unspecified atom stereocenters. The molecule has 0 aromatic heterocycles. The van der Waals surface area contributed by atoms with Crippen molar-refractivity contribution in [2.24, 2.45) is 0 Å². The van der Waals surface area contributed by atoms with Crippen molar-refractivity contribution in [3.05, 3.63) is 33.4 Å². The Bertz CT molecular complexity index is 366. The molecule has 0 heterocycles. The lowest BCUT2D eigenvalue weighted by Gasteiger charge is -2.19. The molecule has 16 heavy (non-hydrogen) atoms.